The van der Waals surface area contributed by atoms with Crippen LogP contribution >= 0.6 is 11.6 Å². The molecule has 0 radical (unpaired) electrons. The quantitative estimate of drug-likeness (QED) is 0.267. The number of rotatable bonds is 7. The summed E-state index contributed by atoms with van der Waals surface area (Å²) in [7, 11) is 0. The third-order valence-electron chi connectivity index (χ3n) is 5.21. The molecule has 11 heteroatoms. The Labute approximate surface area is 197 Å². The average molecular weight is 483 g/mol. The number of carbonyl (C=O) groups excluding carboxylic acids is 1. The molecule has 0 saturated heterocycles. The molecule has 0 fully saturated rings. The lowest BCUT2D eigenvalue weighted by atomic mass is 10.0. The fraction of sp³-hybridized carbons (Fsp3) is 0.174. The lowest BCUT2D eigenvalue weighted by molar-refractivity contribution is -0.0964. The van der Waals surface area contributed by atoms with Gasteiger partial charge in [-0.25, -0.2) is 9.98 Å². The van der Waals surface area contributed by atoms with Crippen LogP contribution in [0.5, 0.6) is 5.75 Å². The molecule has 8 nitrogen and oxygen atoms in total. The number of hydrogen-bond acceptors (Lipinski definition) is 5. The number of anilines is 1. The second-order valence-electron chi connectivity index (χ2n) is 7.39. The molecule has 2 heterocycles. The number of benzene rings is 2. The van der Waals surface area contributed by atoms with E-state index in [1.165, 1.54) is 30.5 Å². The topological polar surface area (TPSA) is 116 Å². The number of imidazole rings is 1. The first kappa shape index (κ1) is 23.1. The van der Waals surface area contributed by atoms with Crippen LogP contribution in [-0.4, -0.2) is 33.6 Å². The molecule has 2 N–H and O–H groups in total. The van der Waals surface area contributed by atoms with E-state index in [1.807, 2.05) is 10.6 Å². The first-order valence-electron chi connectivity index (χ1n) is 10.1. The number of amides is 1. The fourth-order valence-electron chi connectivity index (χ4n) is 3.76. The SMILES string of the molecule is N#CC[C@H]1CC=C(/C=N\C=N)c2cc(C(=O)Nc3ccc(OC(F)(F)Cl)cc3)cc3ncn1c23. The second-order valence-corrected chi connectivity index (χ2v) is 7.83. The number of halogens is 3. The standard InChI is InChI=1S/C23H17ClF2N6O2/c24-23(25,26)34-18-5-2-16(3-6-18)31-22(33)15-9-19-14(11-29-12-28)1-4-17(7-8-27)32-13-30-20(10-15)21(19)32/h1-3,5-6,9-13,17,28H,4,7H2,(H,31,33)/b28-12?,29-11-/t17-/m1/s1. The Balaban J connectivity index is 1.68. The Morgan fingerprint density at radius 1 is 1.41 bits per heavy atom. The van der Waals surface area contributed by atoms with Crippen LogP contribution in [0.1, 0.15) is 34.8 Å². The van der Waals surface area contributed by atoms with Gasteiger partial charge in [-0.15, -0.1) is 8.78 Å². The minimum atomic E-state index is -3.83. The van der Waals surface area contributed by atoms with Gasteiger partial charge in [-0.05, 0) is 48.4 Å². The van der Waals surface area contributed by atoms with Crippen molar-refractivity contribution in [2.24, 2.45) is 4.99 Å². The summed E-state index contributed by atoms with van der Waals surface area (Å²) in [6, 6.07) is 10.7. The third-order valence-corrected chi connectivity index (χ3v) is 5.28. The average Bonchev–Trinajstić information content (AvgIpc) is 3.15. The van der Waals surface area contributed by atoms with E-state index in [1.54, 1.807) is 18.5 Å². The summed E-state index contributed by atoms with van der Waals surface area (Å²) in [5, 5.41) is 19.1. The van der Waals surface area contributed by atoms with Gasteiger partial charge in [0.1, 0.15) is 12.1 Å². The van der Waals surface area contributed by atoms with Crippen LogP contribution < -0.4 is 10.1 Å². The third kappa shape index (κ3) is 4.94. The van der Waals surface area contributed by atoms with Crippen LogP contribution in [0.2, 0.25) is 0 Å². The van der Waals surface area contributed by atoms with Crippen LogP contribution in [0.3, 0.4) is 0 Å². The molecule has 4 rings (SSSR count). The van der Waals surface area contributed by atoms with Gasteiger partial charge in [0.25, 0.3) is 5.91 Å². The van der Waals surface area contributed by atoms with Crippen molar-refractivity contribution in [2.75, 3.05) is 5.32 Å². The predicted molar refractivity (Wildman–Crippen MR) is 125 cm³/mol. The highest BCUT2D eigenvalue weighted by Crippen LogP contribution is 2.34. The molecule has 3 aromatic rings. The first-order chi connectivity index (χ1) is 16.3. The number of allylic oxidation sites excluding steroid dienone is 2. The molecule has 1 aliphatic heterocycles. The fourth-order valence-corrected chi connectivity index (χ4v) is 3.84. The van der Waals surface area contributed by atoms with E-state index in [0.717, 1.165) is 11.9 Å². The number of aliphatic imine (C=N–C) groups is 1. The van der Waals surface area contributed by atoms with Crippen LogP contribution in [-0.2, 0) is 0 Å². The Hall–Kier alpha value is -4.10. The number of nitrogens with zero attached hydrogens (tertiary/aromatic N) is 4. The zero-order chi connectivity index (χ0) is 24.3. The van der Waals surface area contributed by atoms with Crippen molar-refractivity contribution >= 4 is 52.4 Å². The minimum absolute atomic E-state index is 0.125. The van der Waals surface area contributed by atoms with Gasteiger partial charge >= 0.3 is 5.57 Å². The van der Waals surface area contributed by atoms with Gasteiger partial charge in [-0.1, -0.05) is 6.08 Å². The van der Waals surface area contributed by atoms with Crippen LogP contribution in [0.25, 0.3) is 16.6 Å². The van der Waals surface area contributed by atoms with E-state index in [-0.39, 0.29) is 18.2 Å². The normalized spacial score (nSPS) is 15.5. The zero-order valence-electron chi connectivity index (χ0n) is 17.5. The van der Waals surface area contributed by atoms with Gasteiger partial charge in [0.05, 0.1) is 35.9 Å². The van der Waals surface area contributed by atoms with E-state index < -0.39 is 11.5 Å². The summed E-state index contributed by atoms with van der Waals surface area (Å²) in [6.07, 6.45) is 6.86. The Morgan fingerprint density at radius 3 is 2.85 bits per heavy atom. The molecule has 1 amide bonds. The Kier molecular flexibility index (Phi) is 6.38. The van der Waals surface area contributed by atoms with E-state index in [9.17, 15) is 18.8 Å². The Morgan fingerprint density at radius 2 is 2.18 bits per heavy atom. The van der Waals surface area contributed by atoms with Crippen molar-refractivity contribution in [1.29, 1.82) is 10.7 Å². The molecule has 0 aliphatic carbocycles. The number of alkyl halides is 3. The molecule has 0 spiro atoms. The van der Waals surface area contributed by atoms with Gasteiger partial charge in [0.15, 0.2) is 0 Å². The second kappa shape index (κ2) is 9.41. The maximum Gasteiger partial charge on any atom is 0.487 e. The number of aromatic nitrogens is 2. The van der Waals surface area contributed by atoms with E-state index >= 15 is 0 Å². The number of carbonyl (C=O) groups is 1. The van der Waals surface area contributed by atoms with Crippen molar-refractivity contribution in [1.82, 2.24) is 9.55 Å². The Bertz CT molecular complexity index is 1350. The van der Waals surface area contributed by atoms with Crippen molar-refractivity contribution in [3.05, 3.63) is 59.9 Å². The number of ether oxygens (including phenoxy) is 1. The van der Waals surface area contributed by atoms with Crippen molar-refractivity contribution in [3.8, 4) is 11.8 Å². The molecule has 1 aromatic heterocycles. The van der Waals surface area contributed by atoms with E-state index in [2.05, 4.69) is 26.1 Å². The largest absolute Gasteiger partial charge is 0.487 e. The molecule has 172 valence electrons. The van der Waals surface area contributed by atoms with Gasteiger partial charge in [0, 0.05) is 34.6 Å². The highest BCUT2D eigenvalue weighted by Gasteiger charge is 2.27. The highest BCUT2D eigenvalue weighted by molar-refractivity contribution is 6.20. The van der Waals surface area contributed by atoms with Crippen molar-refractivity contribution < 1.29 is 18.3 Å². The van der Waals surface area contributed by atoms with Gasteiger partial charge in [-0.2, -0.15) is 5.26 Å². The first-order valence-corrected chi connectivity index (χ1v) is 10.4. The van der Waals surface area contributed by atoms with E-state index in [4.69, 9.17) is 17.0 Å². The summed E-state index contributed by atoms with van der Waals surface area (Å²) in [5.41, 5.74) is -0.430. The lowest BCUT2D eigenvalue weighted by Gasteiger charge is -2.14. The molecule has 2 aromatic carbocycles. The highest BCUT2D eigenvalue weighted by atomic mass is 35.5. The van der Waals surface area contributed by atoms with E-state index in [0.29, 0.717) is 34.3 Å². The summed E-state index contributed by atoms with van der Waals surface area (Å²) in [5.74, 6) is -0.594. The maximum absolute atomic E-state index is 13.0. The van der Waals surface area contributed by atoms with Crippen molar-refractivity contribution in [2.45, 2.75) is 24.5 Å². The predicted octanol–water partition coefficient (Wildman–Crippen LogP) is 5.38. The molecule has 1 atom stereocenters. The number of nitrogens with one attached hydrogen (secondary N) is 2. The monoisotopic (exact) mass is 482 g/mol. The molecule has 1 aliphatic rings. The van der Waals surface area contributed by atoms with Gasteiger partial charge in [0.2, 0.25) is 0 Å². The van der Waals surface area contributed by atoms with Gasteiger partial charge in [-0.3, -0.25) is 10.2 Å². The van der Waals surface area contributed by atoms with Crippen LogP contribution in [0, 0.1) is 16.7 Å². The number of nitriles is 1. The molecular formula is C23H17ClF2N6O2. The molecular weight excluding hydrogens is 466 g/mol. The maximum atomic E-state index is 13.0. The summed E-state index contributed by atoms with van der Waals surface area (Å²) in [4.78, 5) is 21.3. The molecule has 0 saturated carbocycles. The van der Waals surface area contributed by atoms with Crippen molar-refractivity contribution in [3.63, 3.8) is 0 Å². The number of hydrogen-bond donors (Lipinski definition) is 2. The summed E-state index contributed by atoms with van der Waals surface area (Å²) in [6.45, 7) is 0. The summed E-state index contributed by atoms with van der Waals surface area (Å²) >= 11 is 4.76. The minimum Gasteiger partial charge on any atom is -0.420 e. The van der Waals surface area contributed by atoms with Gasteiger partial charge < -0.3 is 14.6 Å². The summed E-state index contributed by atoms with van der Waals surface area (Å²) < 4.78 is 31.7. The smallest absolute Gasteiger partial charge is 0.420 e. The molecule has 0 bridgehead atoms. The lowest BCUT2D eigenvalue weighted by Crippen LogP contribution is -2.16. The zero-order valence-corrected chi connectivity index (χ0v) is 18.3. The van der Waals surface area contributed by atoms with Crippen LogP contribution in [0.15, 0.2) is 53.8 Å². The van der Waals surface area contributed by atoms with Crippen LogP contribution in [0.4, 0.5) is 14.5 Å². The molecule has 0 unspecified atom stereocenters. The molecule has 34 heavy (non-hydrogen) atoms.